The number of ether oxygens (including phenoxy) is 1. The Balaban J connectivity index is 2.17. The third kappa shape index (κ3) is 4.58. The largest absolute Gasteiger partial charge is 0.390 e. The lowest BCUT2D eigenvalue weighted by molar-refractivity contribution is 0.00727. The smallest absolute Gasteiger partial charge is 0.0900 e. The molecular formula is C9H18O2S2. The first-order chi connectivity index (χ1) is 6.20. The summed E-state index contributed by atoms with van der Waals surface area (Å²) in [5.74, 6) is 3.44. The van der Waals surface area contributed by atoms with Crippen molar-refractivity contribution >= 4 is 23.5 Å². The molecule has 13 heavy (non-hydrogen) atoms. The van der Waals surface area contributed by atoms with E-state index in [9.17, 15) is 5.11 Å². The molecule has 1 rings (SSSR count). The number of hydrogen-bond donors (Lipinski definition) is 1. The highest BCUT2D eigenvalue weighted by atomic mass is 32.2. The molecule has 1 heterocycles. The average Bonchev–Trinajstić information content (AvgIpc) is 2.15. The fourth-order valence-corrected chi connectivity index (χ4v) is 3.88. The van der Waals surface area contributed by atoms with Gasteiger partial charge in [-0.25, -0.2) is 0 Å². The van der Waals surface area contributed by atoms with Gasteiger partial charge in [-0.2, -0.15) is 23.5 Å². The summed E-state index contributed by atoms with van der Waals surface area (Å²) in [6.45, 7) is 4.47. The molecule has 4 heteroatoms. The summed E-state index contributed by atoms with van der Waals surface area (Å²) >= 11 is 3.80. The number of thioether (sulfide) groups is 2. The average molecular weight is 222 g/mol. The van der Waals surface area contributed by atoms with Crippen LogP contribution >= 0.6 is 23.5 Å². The molecule has 2 atom stereocenters. The minimum atomic E-state index is -0.291. The Morgan fingerprint density at radius 1 is 1.46 bits per heavy atom. The summed E-state index contributed by atoms with van der Waals surface area (Å²) in [6, 6.07) is 0. The molecule has 1 aliphatic rings. The lowest BCUT2D eigenvalue weighted by Crippen LogP contribution is -2.33. The molecular weight excluding hydrogens is 204 g/mol. The third-order valence-corrected chi connectivity index (χ3v) is 4.78. The first kappa shape index (κ1) is 11.7. The Morgan fingerprint density at radius 2 is 2.23 bits per heavy atom. The first-order valence-electron chi connectivity index (χ1n) is 4.69. The second-order valence-electron chi connectivity index (χ2n) is 3.43. The van der Waals surface area contributed by atoms with Crippen LogP contribution in [-0.4, -0.2) is 46.4 Å². The van der Waals surface area contributed by atoms with E-state index in [1.165, 1.54) is 5.75 Å². The molecule has 0 aromatic carbocycles. The van der Waals surface area contributed by atoms with E-state index < -0.39 is 0 Å². The van der Waals surface area contributed by atoms with Gasteiger partial charge in [0.15, 0.2) is 0 Å². The van der Waals surface area contributed by atoms with Crippen LogP contribution < -0.4 is 0 Å². The maximum atomic E-state index is 9.76. The van der Waals surface area contributed by atoms with Gasteiger partial charge in [0.1, 0.15) is 0 Å². The summed E-state index contributed by atoms with van der Waals surface area (Å²) in [6.07, 6.45) is -0.0731. The molecule has 1 fully saturated rings. The summed E-state index contributed by atoms with van der Waals surface area (Å²) < 4.78 is 5.38. The molecule has 0 radical (unpaired) electrons. The van der Waals surface area contributed by atoms with Gasteiger partial charge in [-0.05, 0) is 13.8 Å². The van der Waals surface area contributed by atoms with Crippen molar-refractivity contribution in [2.75, 3.05) is 23.9 Å². The van der Waals surface area contributed by atoms with Crippen LogP contribution in [0.1, 0.15) is 13.8 Å². The van der Waals surface area contributed by atoms with E-state index in [0.717, 1.165) is 11.5 Å². The van der Waals surface area contributed by atoms with Crippen molar-refractivity contribution in [1.82, 2.24) is 0 Å². The second kappa shape index (κ2) is 6.17. The Bertz CT molecular complexity index is 136. The van der Waals surface area contributed by atoms with Crippen LogP contribution in [0.3, 0.4) is 0 Å². The molecule has 0 spiro atoms. The third-order valence-electron chi connectivity index (χ3n) is 1.87. The number of aliphatic hydroxyl groups excluding tert-OH is 1. The molecule has 0 amide bonds. The molecule has 0 saturated carbocycles. The summed E-state index contributed by atoms with van der Waals surface area (Å²) in [4.78, 5) is 0. The molecule has 0 aromatic heterocycles. The highest BCUT2D eigenvalue weighted by Crippen LogP contribution is 2.26. The molecule has 1 N–H and O–H groups in total. The van der Waals surface area contributed by atoms with E-state index in [0.29, 0.717) is 11.9 Å². The predicted octanol–water partition coefficient (Wildman–Crippen LogP) is 1.62. The van der Waals surface area contributed by atoms with Crippen molar-refractivity contribution < 1.29 is 9.84 Å². The lowest BCUT2D eigenvalue weighted by atomic mass is 10.3. The van der Waals surface area contributed by atoms with Gasteiger partial charge in [-0.3, -0.25) is 0 Å². The minimum absolute atomic E-state index is 0.218. The molecule has 0 aromatic rings. The fraction of sp³-hybridized carbons (Fsp3) is 1.00. The van der Waals surface area contributed by atoms with Gasteiger partial charge in [0.25, 0.3) is 0 Å². The molecule has 0 bridgehead atoms. The van der Waals surface area contributed by atoms with Crippen LogP contribution in [0, 0.1) is 0 Å². The maximum Gasteiger partial charge on any atom is 0.0900 e. The molecule has 2 unspecified atom stereocenters. The van der Waals surface area contributed by atoms with E-state index in [1.54, 1.807) is 0 Å². The van der Waals surface area contributed by atoms with Crippen molar-refractivity contribution in [3.8, 4) is 0 Å². The van der Waals surface area contributed by atoms with Gasteiger partial charge in [0.05, 0.1) is 18.8 Å². The zero-order chi connectivity index (χ0) is 9.68. The molecule has 1 saturated heterocycles. The van der Waals surface area contributed by atoms with Gasteiger partial charge in [0.2, 0.25) is 0 Å². The van der Waals surface area contributed by atoms with Gasteiger partial charge in [-0.1, -0.05) is 0 Å². The normalized spacial score (nSPS) is 26.3. The van der Waals surface area contributed by atoms with Crippen molar-refractivity contribution in [3.63, 3.8) is 0 Å². The molecule has 1 aliphatic heterocycles. The van der Waals surface area contributed by atoms with E-state index >= 15 is 0 Å². The van der Waals surface area contributed by atoms with Crippen LogP contribution in [-0.2, 0) is 4.74 Å². The van der Waals surface area contributed by atoms with Crippen molar-refractivity contribution in [3.05, 3.63) is 0 Å². The molecule has 78 valence electrons. The topological polar surface area (TPSA) is 29.5 Å². The predicted molar refractivity (Wildman–Crippen MR) is 60.7 cm³/mol. The van der Waals surface area contributed by atoms with Crippen LogP contribution in [0.4, 0.5) is 0 Å². The van der Waals surface area contributed by atoms with Crippen molar-refractivity contribution in [1.29, 1.82) is 0 Å². The highest BCUT2D eigenvalue weighted by molar-refractivity contribution is 8.06. The number of rotatable bonds is 4. The Hall–Kier alpha value is 0.620. The maximum absolute atomic E-state index is 9.76. The van der Waals surface area contributed by atoms with Gasteiger partial charge in [-0.15, -0.1) is 0 Å². The zero-order valence-corrected chi connectivity index (χ0v) is 9.87. The Morgan fingerprint density at radius 3 is 2.77 bits per heavy atom. The lowest BCUT2D eigenvalue weighted by Gasteiger charge is -2.26. The van der Waals surface area contributed by atoms with Gasteiger partial charge >= 0.3 is 0 Å². The standard InChI is InChI=1S/C9H18O2S2/c1-7(2)11-5-8(10)9-6-12-3-4-13-9/h7-10H,3-6H2,1-2H3. The van der Waals surface area contributed by atoms with Crippen LogP contribution in [0.25, 0.3) is 0 Å². The number of aliphatic hydroxyl groups is 1. The second-order valence-corrected chi connectivity index (χ2v) is 5.93. The molecule has 2 nitrogen and oxygen atoms in total. The monoisotopic (exact) mass is 222 g/mol. The highest BCUT2D eigenvalue weighted by Gasteiger charge is 2.22. The SMILES string of the molecule is CC(C)OCC(O)C1CSCCS1. The van der Waals surface area contributed by atoms with E-state index in [2.05, 4.69) is 0 Å². The van der Waals surface area contributed by atoms with Crippen molar-refractivity contribution in [2.24, 2.45) is 0 Å². The molecule has 0 aliphatic carbocycles. The zero-order valence-electron chi connectivity index (χ0n) is 8.23. The van der Waals surface area contributed by atoms with Crippen LogP contribution in [0.5, 0.6) is 0 Å². The first-order valence-corrected chi connectivity index (χ1v) is 6.89. The van der Waals surface area contributed by atoms with Crippen LogP contribution in [0.2, 0.25) is 0 Å². The number of hydrogen-bond acceptors (Lipinski definition) is 4. The summed E-state index contributed by atoms with van der Waals surface area (Å²) in [7, 11) is 0. The summed E-state index contributed by atoms with van der Waals surface area (Å²) in [5.41, 5.74) is 0. The quantitative estimate of drug-likeness (QED) is 0.783. The van der Waals surface area contributed by atoms with Crippen LogP contribution in [0.15, 0.2) is 0 Å². The minimum Gasteiger partial charge on any atom is -0.390 e. The fourth-order valence-electron chi connectivity index (χ4n) is 1.13. The van der Waals surface area contributed by atoms with Crippen molar-refractivity contribution in [2.45, 2.75) is 31.3 Å². The summed E-state index contributed by atoms with van der Waals surface area (Å²) in [5, 5.41) is 10.1. The van der Waals surface area contributed by atoms with E-state index in [1.807, 2.05) is 37.4 Å². The van der Waals surface area contributed by atoms with Gasteiger partial charge < -0.3 is 9.84 Å². The Labute approximate surface area is 88.8 Å². The Kier molecular flexibility index (Phi) is 5.55. The van der Waals surface area contributed by atoms with E-state index in [4.69, 9.17) is 4.74 Å². The van der Waals surface area contributed by atoms with E-state index in [-0.39, 0.29) is 12.2 Å². The van der Waals surface area contributed by atoms with Gasteiger partial charge in [0, 0.05) is 22.5 Å².